The molecule has 2 rings (SSSR count). The maximum absolute atomic E-state index is 11.9. The molecule has 0 aromatic heterocycles. The number of carbonyl (C=O) groups excluding carboxylic acids is 3. The van der Waals surface area contributed by atoms with Crippen molar-refractivity contribution in [3.8, 4) is 0 Å². The highest BCUT2D eigenvalue weighted by Gasteiger charge is 2.14. The van der Waals surface area contributed by atoms with E-state index in [-0.39, 0.29) is 0 Å². The number of hydrazone groups is 1. The van der Waals surface area contributed by atoms with Gasteiger partial charge in [0, 0.05) is 10.7 Å². The summed E-state index contributed by atoms with van der Waals surface area (Å²) in [5, 5.41) is 6.62. The topological polar surface area (TPSA) is 96.9 Å². The maximum atomic E-state index is 11.9. The summed E-state index contributed by atoms with van der Waals surface area (Å²) in [5.74, 6) is -2.24. The summed E-state index contributed by atoms with van der Waals surface area (Å²) >= 11 is 5.87. The molecule has 7 nitrogen and oxygen atoms in total. The zero-order chi connectivity index (χ0) is 19.1. The molecule has 0 saturated carbocycles. The average Bonchev–Trinajstić information content (AvgIpc) is 2.64. The first kappa shape index (κ1) is 19.1. The summed E-state index contributed by atoms with van der Waals surface area (Å²) in [6.45, 7) is 1.78. The number of nitrogens with one attached hydrogen (secondary N) is 2. The predicted molar refractivity (Wildman–Crippen MR) is 98.3 cm³/mol. The number of methoxy groups -OCH3 is 1. The van der Waals surface area contributed by atoms with E-state index in [4.69, 9.17) is 11.6 Å². The Kier molecular flexibility index (Phi) is 6.46. The van der Waals surface area contributed by atoms with Crippen LogP contribution in [0.4, 0.5) is 5.69 Å². The fourth-order valence-corrected chi connectivity index (χ4v) is 2.12. The fraction of sp³-hybridized carbons (Fsp3) is 0.111. The number of halogens is 1. The van der Waals surface area contributed by atoms with Crippen molar-refractivity contribution in [2.24, 2.45) is 5.10 Å². The Morgan fingerprint density at radius 3 is 2.42 bits per heavy atom. The largest absolute Gasteiger partial charge is 0.465 e. The number of benzene rings is 2. The lowest BCUT2D eigenvalue weighted by molar-refractivity contribution is -0.136. The first-order valence-electron chi connectivity index (χ1n) is 7.49. The van der Waals surface area contributed by atoms with Crippen LogP contribution in [-0.4, -0.2) is 31.1 Å². The van der Waals surface area contributed by atoms with Crippen molar-refractivity contribution in [3.63, 3.8) is 0 Å². The number of hydrogen-bond donors (Lipinski definition) is 2. The van der Waals surface area contributed by atoms with E-state index in [0.717, 1.165) is 5.56 Å². The number of amides is 2. The first-order valence-corrected chi connectivity index (χ1v) is 7.87. The number of carbonyl (C=O) groups is 3. The van der Waals surface area contributed by atoms with Crippen molar-refractivity contribution >= 4 is 41.3 Å². The molecule has 0 aliphatic rings. The quantitative estimate of drug-likeness (QED) is 0.372. The Balaban J connectivity index is 1.93. The minimum atomic E-state index is -0.924. The SMILES string of the molecule is COC(=O)c1ccc(/C=N/NC(=O)C(=O)Nc2cc(Cl)ccc2C)cc1. The molecule has 8 heteroatoms. The van der Waals surface area contributed by atoms with Crippen LogP contribution in [0.25, 0.3) is 0 Å². The standard InChI is InChI=1S/C18H16ClN3O4/c1-11-3-8-14(19)9-15(11)21-16(23)17(24)22-20-10-12-4-6-13(7-5-12)18(25)26-2/h3-10H,1-2H3,(H,21,23)(H,22,24)/b20-10+. The van der Waals surface area contributed by atoms with Crippen molar-refractivity contribution in [3.05, 3.63) is 64.2 Å². The molecule has 134 valence electrons. The van der Waals surface area contributed by atoms with Crippen LogP contribution in [0, 0.1) is 6.92 Å². The summed E-state index contributed by atoms with van der Waals surface area (Å²) in [6, 6.07) is 11.3. The molecule has 0 heterocycles. The lowest BCUT2D eigenvalue weighted by Crippen LogP contribution is -2.32. The van der Waals surface area contributed by atoms with Crippen LogP contribution in [-0.2, 0) is 14.3 Å². The third-order valence-electron chi connectivity index (χ3n) is 3.37. The van der Waals surface area contributed by atoms with Crippen molar-refractivity contribution in [2.45, 2.75) is 6.92 Å². The minimum Gasteiger partial charge on any atom is -0.465 e. The van der Waals surface area contributed by atoms with Gasteiger partial charge in [0.1, 0.15) is 0 Å². The zero-order valence-corrected chi connectivity index (χ0v) is 14.8. The normalized spacial score (nSPS) is 10.4. The summed E-state index contributed by atoms with van der Waals surface area (Å²) in [5.41, 5.74) is 4.36. The van der Waals surface area contributed by atoms with Gasteiger partial charge in [0.15, 0.2) is 0 Å². The molecule has 26 heavy (non-hydrogen) atoms. The molecular weight excluding hydrogens is 358 g/mol. The molecule has 0 saturated heterocycles. The lowest BCUT2D eigenvalue weighted by atomic mass is 10.1. The molecule has 2 aromatic rings. The molecule has 0 radical (unpaired) electrons. The van der Waals surface area contributed by atoms with Gasteiger partial charge in [0.25, 0.3) is 0 Å². The van der Waals surface area contributed by atoms with Crippen LogP contribution in [0.5, 0.6) is 0 Å². The van der Waals surface area contributed by atoms with Crippen molar-refractivity contribution < 1.29 is 19.1 Å². The number of hydrogen-bond acceptors (Lipinski definition) is 5. The van der Waals surface area contributed by atoms with E-state index in [2.05, 4.69) is 20.6 Å². The zero-order valence-electron chi connectivity index (χ0n) is 14.1. The molecule has 0 bridgehead atoms. The molecule has 2 aromatic carbocycles. The van der Waals surface area contributed by atoms with Crippen LogP contribution in [0.1, 0.15) is 21.5 Å². The lowest BCUT2D eigenvalue weighted by Gasteiger charge is -2.07. The van der Waals surface area contributed by atoms with E-state index >= 15 is 0 Å². The Morgan fingerprint density at radius 1 is 1.08 bits per heavy atom. The van der Waals surface area contributed by atoms with E-state index in [9.17, 15) is 14.4 Å². The smallest absolute Gasteiger partial charge is 0.337 e. The van der Waals surface area contributed by atoms with Crippen LogP contribution in [0.3, 0.4) is 0 Å². The van der Waals surface area contributed by atoms with Gasteiger partial charge < -0.3 is 10.1 Å². The van der Waals surface area contributed by atoms with E-state index in [1.807, 2.05) is 0 Å². The molecule has 2 N–H and O–H groups in total. The molecule has 0 aliphatic carbocycles. The van der Waals surface area contributed by atoms with Crippen molar-refractivity contribution in [2.75, 3.05) is 12.4 Å². The van der Waals surface area contributed by atoms with Gasteiger partial charge in [-0.1, -0.05) is 29.8 Å². The second-order valence-corrected chi connectivity index (χ2v) is 5.66. The Morgan fingerprint density at radius 2 is 1.77 bits per heavy atom. The second-order valence-electron chi connectivity index (χ2n) is 5.23. The van der Waals surface area contributed by atoms with Gasteiger partial charge in [-0.25, -0.2) is 10.2 Å². The Hall–Kier alpha value is -3.19. The molecule has 0 atom stereocenters. The van der Waals surface area contributed by atoms with Crippen LogP contribution < -0.4 is 10.7 Å². The van der Waals surface area contributed by atoms with Gasteiger partial charge in [-0.15, -0.1) is 0 Å². The van der Waals surface area contributed by atoms with Crippen LogP contribution >= 0.6 is 11.6 Å². The van der Waals surface area contributed by atoms with Gasteiger partial charge >= 0.3 is 17.8 Å². The Labute approximate surface area is 155 Å². The first-order chi connectivity index (χ1) is 12.4. The summed E-state index contributed by atoms with van der Waals surface area (Å²) < 4.78 is 4.60. The minimum absolute atomic E-state index is 0.393. The van der Waals surface area contributed by atoms with E-state index < -0.39 is 17.8 Å². The molecular formula is C18H16ClN3O4. The van der Waals surface area contributed by atoms with Crippen LogP contribution in [0.2, 0.25) is 5.02 Å². The number of aryl methyl sites for hydroxylation is 1. The van der Waals surface area contributed by atoms with Gasteiger partial charge in [-0.3, -0.25) is 9.59 Å². The van der Waals surface area contributed by atoms with Gasteiger partial charge in [-0.05, 0) is 42.3 Å². The average molecular weight is 374 g/mol. The number of rotatable bonds is 4. The molecule has 0 aliphatic heterocycles. The van der Waals surface area contributed by atoms with Crippen LogP contribution in [0.15, 0.2) is 47.6 Å². The second kappa shape index (κ2) is 8.77. The van der Waals surface area contributed by atoms with E-state index in [1.165, 1.54) is 13.3 Å². The summed E-state index contributed by atoms with van der Waals surface area (Å²) in [4.78, 5) is 35.0. The number of anilines is 1. The number of ether oxygens (including phenoxy) is 1. The van der Waals surface area contributed by atoms with Crippen molar-refractivity contribution in [1.82, 2.24) is 5.43 Å². The van der Waals surface area contributed by atoms with E-state index in [1.54, 1.807) is 49.4 Å². The molecule has 0 fully saturated rings. The monoisotopic (exact) mass is 373 g/mol. The highest BCUT2D eigenvalue weighted by Crippen LogP contribution is 2.19. The fourth-order valence-electron chi connectivity index (χ4n) is 1.95. The number of esters is 1. The van der Waals surface area contributed by atoms with Gasteiger partial charge in [-0.2, -0.15) is 5.10 Å². The highest BCUT2D eigenvalue weighted by molar-refractivity contribution is 6.40. The summed E-state index contributed by atoms with van der Waals surface area (Å²) in [7, 11) is 1.29. The molecule has 0 spiro atoms. The molecule has 2 amide bonds. The maximum Gasteiger partial charge on any atom is 0.337 e. The predicted octanol–water partition coefficient (Wildman–Crippen LogP) is 2.52. The third-order valence-corrected chi connectivity index (χ3v) is 3.60. The van der Waals surface area contributed by atoms with Gasteiger partial charge in [0.05, 0.1) is 18.9 Å². The molecule has 0 unspecified atom stereocenters. The van der Waals surface area contributed by atoms with Gasteiger partial charge in [0.2, 0.25) is 0 Å². The van der Waals surface area contributed by atoms with Crippen molar-refractivity contribution in [1.29, 1.82) is 0 Å². The summed E-state index contributed by atoms with van der Waals surface area (Å²) in [6.07, 6.45) is 1.34. The third kappa shape index (κ3) is 5.15. The highest BCUT2D eigenvalue weighted by atomic mass is 35.5. The Bertz CT molecular complexity index is 863. The van der Waals surface area contributed by atoms with E-state index in [0.29, 0.717) is 21.8 Å². The number of nitrogens with zero attached hydrogens (tertiary/aromatic N) is 1.